The lowest BCUT2D eigenvalue weighted by atomic mass is 10.1. The van der Waals surface area contributed by atoms with E-state index in [-0.39, 0.29) is 0 Å². The maximum atomic E-state index is 5.69. The highest BCUT2D eigenvalue weighted by molar-refractivity contribution is 5.00. The predicted molar refractivity (Wildman–Crippen MR) is 54.7 cm³/mol. The highest BCUT2D eigenvalue weighted by Gasteiger charge is 2.12. The van der Waals surface area contributed by atoms with Crippen molar-refractivity contribution in [3.05, 3.63) is 18.2 Å². The van der Waals surface area contributed by atoms with E-state index in [1.807, 2.05) is 12.4 Å². The summed E-state index contributed by atoms with van der Waals surface area (Å²) < 4.78 is 2.20. The quantitative estimate of drug-likeness (QED) is 0.771. The second kappa shape index (κ2) is 4.42. The Hall–Kier alpha value is -0.830. The van der Waals surface area contributed by atoms with Gasteiger partial charge in [0.2, 0.25) is 0 Å². The fourth-order valence-electron chi connectivity index (χ4n) is 1.56. The first-order valence-electron chi connectivity index (χ1n) is 4.93. The van der Waals surface area contributed by atoms with Crippen LogP contribution in [0.1, 0.15) is 45.0 Å². The molecule has 1 atom stereocenters. The SMILES string of the molecule is CCC(CN)n1ccnc1C(C)C. The molecule has 0 radical (unpaired) electrons. The van der Waals surface area contributed by atoms with E-state index in [2.05, 4.69) is 30.3 Å². The van der Waals surface area contributed by atoms with E-state index in [4.69, 9.17) is 5.73 Å². The summed E-state index contributed by atoms with van der Waals surface area (Å²) in [5, 5.41) is 0. The van der Waals surface area contributed by atoms with E-state index >= 15 is 0 Å². The van der Waals surface area contributed by atoms with Crippen molar-refractivity contribution in [3.63, 3.8) is 0 Å². The molecule has 0 aromatic carbocycles. The lowest BCUT2D eigenvalue weighted by molar-refractivity contribution is 0.469. The summed E-state index contributed by atoms with van der Waals surface area (Å²) in [5.41, 5.74) is 5.69. The van der Waals surface area contributed by atoms with Gasteiger partial charge in [-0.3, -0.25) is 0 Å². The molecule has 2 N–H and O–H groups in total. The Balaban J connectivity index is 2.91. The van der Waals surface area contributed by atoms with Gasteiger partial charge in [-0.05, 0) is 6.42 Å². The molecule has 0 aliphatic heterocycles. The van der Waals surface area contributed by atoms with E-state index < -0.39 is 0 Å². The zero-order valence-electron chi connectivity index (χ0n) is 8.70. The van der Waals surface area contributed by atoms with Crippen molar-refractivity contribution in [1.29, 1.82) is 0 Å². The maximum absolute atomic E-state index is 5.69. The molecule has 0 bridgehead atoms. The van der Waals surface area contributed by atoms with Gasteiger partial charge in [0.25, 0.3) is 0 Å². The van der Waals surface area contributed by atoms with E-state index in [0.717, 1.165) is 12.2 Å². The number of rotatable bonds is 4. The number of aromatic nitrogens is 2. The Morgan fingerprint density at radius 1 is 1.54 bits per heavy atom. The van der Waals surface area contributed by atoms with Crippen LogP contribution < -0.4 is 5.73 Å². The fraction of sp³-hybridized carbons (Fsp3) is 0.700. The van der Waals surface area contributed by atoms with Gasteiger partial charge in [0.05, 0.1) is 0 Å². The molecule has 1 heterocycles. The molecule has 3 nitrogen and oxygen atoms in total. The Kier molecular flexibility index (Phi) is 3.48. The summed E-state index contributed by atoms with van der Waals surface area (Å²) in [6, 6.07) is 0.403. The van der Waals surface area contributed by atoms with E-state index in [9.17, 15) is 0 Å². The van der Waals surface area contributed by atoms with Gasteiger partial charge in [-0.15, -0.1) is 0 Å². The van der Waals surface area contributed by atoms with Crippen molar-refractivity contribution < 1.29 is 0 Å². The second-order valence-corrected chi connectivity index (χ2v) is 3.65. The van der Waals surface area contributed by atoms with Crippen molar-refractivity contribution in [3.8, 4) is 0 Å². The van der Waals surface area contributed by atoms with Gasteiger partial charge in [-0.2, -0.15) is 0 Å². The van der Waals surface area contributed by atoms with Gasteiger partial charge in [0.15, 0.2) is 0 Å². The Labute approximate surface area is 80.0 Å². The highest BCUT2D eigenvalue weighted by atomic mass is 15.1. The molecule has 0 fully saturated rings. The van der Waals surface area contributed by atoms with Crippen molar-refractivity contribution in [1.82, 2.24) is 9.55 Å². The Bertz CT molecular complexity index is 248. The molecule has 1 aromatic rings. The smallest absolute Gasteiger partial charge is 0.111 e. The lowest BCUT2D eigenvalue weighted by Crippen LogP contribution is -2.20. The predicted octanol–water partition coefficient (Wildman–Crippen LogP) is 1.92. The fourth-order valence-corrected chi connectivity index (χ4v) is 1.56. The normalized spacial score (nSPS) is 13.6. The van der Waals surface area contributed by atoms with Crippen LogP contribution in [0.5, 0.6) is 0 Å². The molecule has 1 rings (SSSR count). The first kappa shape index (κ1) is 10.3. The third kappa shape index (κ3) is 2.10. The summed E-state index contributed by atoms with van der Waals surface area (Å²) in [6.45, 7) is 7.15. The summed E-state index contributed by atoms with van der Waals surface area (Å²) in [4.78, 5) is 4.34. The van der Waals surface area contributed by atoms with Gasteiger partial charge in [-0.1, -0.05) is 20.8 Å². The number of imidazole rings is 1. The molecule has 0 saturated heterocycles. The average molecular weight is 181 g/mol. The molecule has 0 aliphatic rings. The third-order valence-corrected chi connectivity index (χ3v) is 2.35. The van der Waals surface area contributed by atoms with E-state index in [1.165, 1.54) is 0 Å². The molecule has 3 heteroatoms. The van der Waals surface area contributed by atoms with Gasteiger partial charge in [0, 0.05) is 30.9 Å². The summed E-state index contributed by atoms with van der Waals surface area (Å²) >= 11 is 0. The van der Waals surface area contributed by atoms with Crippen LogP contribution in [-0.2, 0) is 0 Å². The lowest BCUT2D eigenvalue weighted by Gasteiger charge is -2.18. The molecule has 0 saturated carbocycles. The van der Waals surface area contributed by atoms with Crippen LogP contribution in [0.4, 0.5) is 0 Å². The molecule has 0 spiro atoms. The molecule has 74 valence electrons. The summed E-state index contributed by atoms with van der Waals surface area (Å²) in [5.74, 6) is 1.60. The van der Waals surface area contributed by atoms with Crippen LogP contribution in [0.2, 0.25) is 0 Å². The van der Waals surface area contributed by atoms with Crippen LogP contribution in [0.15, 0.2) is 12.4 Å². The monoisotopic (exact) mass is 181 g/mol. The van der Waals surface area contributed by atoms with E-state index in [1.54, 1.807) is 0 Å². The number of hydrogen-bond acceptors (Lipinski definition) is 2. The van der Waals surface area contributed by atoms with Crippen LogP contribution in [0.25, 0.3) is 0 Å². The molecule has 0 aliphatic carbocycles. The second-order valence-electron chi connectivity index (χ2n) is 3.65. The summed E-state index contributed by atoms with van der Waals surface area (Å²) in [7, 11) is 0. The van der Waals surface area contributed by atoms with Crippen molar-refractivity contribution >= 4 is 0 Å². The minimum absolute atomic E-state index is 0.403. The minimum atomic E-state index is 0.403. The van der Waals surface area contributed by atoms with Gasteiger partial charge in [-0.25, -0.2) is 4.98 Å². The maximum Gasteiger partial charge on any atom is 0.111 e. The number of hydrogen-bond donors (Lipinski definition) is 1. The zero-order valence-corrected chi connectivity index (χ0v) is 8.70. The zero-order chi connectivity index (χ0) is 9.84. The molecule has 1 unspecified atom stereocenters. The highest BCUT2D eigenvalue weighted by Crippen LogP contribution is 2.18. The first-order chi connectivity index (χ1) is 6.20. The Morgan fingerprint density at radius 3 is 2.69 bits per heavy atom. The molecule has 1 aromatic heterocycles. The van der Waals surface area contributed by atoms with E-state index in [0.29, 0.717) is 18.5 Å². The topological polar surface area (TPSA) is 43.8 Å². The standard InChI is InChI=1S/C10H19N3/c1-4-9(7-11)13-6-5-12-10(13)8(2)3/h5-6,8-9H,4,7,11H2,1-3H3. The van der Waals surface area contributed by atoms with Crippen molar-refractivity contribution in [2.75, 3.05) is 6.54 Å². The third-order valence-electron chi connectivity index (χ3n) is 2.35. The van der Waals surface area contributed by atoms with Crippen LogP contribution >= 0.6 is 0 Å². The van der Waals surface area contributed by atoms with Gasteiger partial charge in [0.1, 0.15) is 5.82 Å². The van der Waals surface area contributed by atoms with Crippen molar-refractivity contribution in [2.24, 2.45) is 5.73 Å². The van der Waals surface area contributed by atoms with Gasteiger partial charge < -0.3 is 10.3 Å². The van der Waals surface area contributed by atoms with Crippen LogP contribution in [0.3, 0.4) is 0 Å². The number of nitrogens with two attached hydrogens (primary N) is 1. The molecule has 13 heavy (non-hydrogen) atoms. The van der Waals surface area contributed by atoms with Crippen molar-refractivity contribution in [2.45, 2.75) is 39.2 Å². The Morgan fingerprint density at radius 2 is 2.23 bits per heavy atom. The molecule has 0 amide bonds. The van der Waals surface area contributed by atoms with Crippen LogP contribution in [-0.4, -0.2) is 16.1 Å². The largest absolute Gasteiger partial charge is 0.330 e. The van der Waals surface area contributed by atoms with Crippen LogP contribution in [0, 0.1) is 0 Å². The number of nitrogens with zero attached hydrogens (tertiary/aromatic N) is 2. The first-order valence-corrected chi connectivity index (χ1v) is 4.93. The summed E-state index contributed by atoms with van der Waals surface area (Å²) in [6.07, 6.45) is 4.94. The molecular formula is C10H19N3. The minimum Gasteiger partial charge on any atom is -0.330 e. The molecular weight excluding hydrogens is 162 g/mol. The average Bonchev–Trinajstić information content (AvgIpc) is 2.55. The van der Waals surface area contributed by atoms with Gasteiger partial charge >= 0.3 is 0 Å².